The summed E-state index contributed by atoms with van der Waals surface area (Å²) in [5, 5.41) is 7.60. The molecule has 2 saturated heterocycles. The lowest BCUT2D eigenvalue weighted by Gasteiger charge is -2.38. The molecule has 2 aliphatic heterocycles. The van der Waals surface area contributed by atoms with Crippen LogP contribution in [0.25, 0.3) is 0 Å². The van der Waals surface area contributed by atoms with Gasteiger partial charge in [-0.05, 0) is 84.2 Å². The number of ether oxygens (including phenoxy) is 2. The number of nitrogens with zero attached hydrogens (tertiary/aromatic N) is 2. The van der Waals surface area contributed by atoms with Crippen LogP contribution in [0.4, 0.5) is 0 Å². The third-order valence-electron chi connectivity index (χ3n) is 7.32. The van der Waals surface area contributed by atoms with Crippen molar-refractivity contribution in [2.75, 3.05) is 59.2 Å². The molecule has 2 fully saturated rings. The zero-order valence-electron chi connectivity index (χ0n) is 26.7. The van der Waals surface area contributed by atoms with Crippen molar-refractivity contribution < 1.29 is 14.3 Å². The topological polar surface area (TPSA) is 66.1 Å². The number of likely N-dealkylation sites (tertiary alicyclic amines) is 2. The minimum atomic E-state index is -0.0195. The Bertz CT molecular complexity index is 703. The van der Waals surface area contributed by atoms with Gasteiger partial charge in [0, 0.05) is 42.8 Å². The number of amides is 1. The van der Waals surface area contributed by atoms with Crippen LogP contribution in [-0.4, -0.2) is 98.0 Å². The molecular formula is C31H62N4O3. The van der Waals surface area contributed by atoms with E-state index < -0.39 is 0 Å². The van der Waals surface area contributed by atoms with Gasteiger partial charge in [0.2, 0.25) is 5.91 Å². The Kier molecular flexibility index (Phi) is 12.6. The second kappa shape index (κ2) is 14.2. The molecule has 7 nitrogen and oxygen atoms in total. The molecule has 0 aromatic carbocycles. The van der Waals surface area contributed by atoms with Gasteiger partial charge in [-0.2, -0.15) is 0 Å². The van der Waals surface area contributed by atoms with Gasteiger partial charge in [0.15, 0.2) is 0 Å². The zero-order valence-corrected chi connectivity index (χ0v) is 26.7. The van der Waals surface area contributed by atoms with Crippen molar-refractivity contribution in [2.45, 2.75) is 125 Å². The van der Waals surface area contributed by atoms with E-state index in [2.05, 4.69) is 84.8 Å². The van der Waals surface area contributed by atoms with Gasteiger partial charge in [0.1, 0.15) is 0 Å². The van der Waals surface area contributed by atoms with Crippen molar-refractivity contribution in [1.29, 1.82) is 0 Å². The molecule has 0 aromatic rings. The molecule has 0 radical (unpaired) electrons. The van der Waals surface area contributed by atoms with Crippen LogP contribution in [0.3, 0.4) is 0 Å². The highest BCUT2D eigenvalue weighted by molar-refractivity contribution is 5.76. The van der Waals surface area contributed by atoms with E-state index in [0.717, 1.165) is 58.8 Å². The minimum absolute atomic E-state index is 0.0195. The van der Waals surface area contributed by atoms with Crippen LogP contribution in [-0.2, 0) is 14.3 Å². The number of hydrogen-bond acceptors (Lipinski definition) is 6. The molecule has 7 heteroatoms. The van der Waals surface area contributed by atoms with Gasteiger partial charge in [-0.3, -0.25) is 4.79 Å². The van der Waals surface area contributed by atoms with Gasteiger partial charge in [-0.15, -0.1) is 0 Å². The maximum atomic E-state index is 12.6. The monoisotopic (exact) mass is 538 g/mol. The Morgan fingerprint density at radius 2 is 1.39 bits per heavy atom. The second-order valence-electron chi connectivity index (χ2n) is 15.6. The summed E-state index contributed by atoms with van der Waals surface area (Å²) in [6.45, 7) is 30.1. The van der Waals surface area contributed by atoms with Gasteiger partial charge in [0.25, 0.3) is 0 Å². The van der Waals surface area contributed by atoms with E-state index in [-0.39, 0.29) is 27.8 Å². The van der Waals surface area contributed by atoms with Gasteiger partial charge >= 0.3 is 0 Å². The summed E-state index contributed by atoms with van der Waals surface area (Å²) in [5.41, 5.74) is 0.393. The van der Waals surface area contributed by atoms with Crippen LogP contribution in [0.2, 0.25) is 0 Å². The summed E-state index contributed by atoms with van der Waals surface area (Å²) >= 11 is 0. The summed E-state index contributed by atoms with van der Waals surface area (Å²) in [7, 11) is 0. The van der Waals surface area contributed by atoms with E-state index in [1.165, 1.54) is 12.8 Å². The van der Waals surface area contributed by atoms with Crippen LogP contribution in [0.15, 0.2) is 0 Å². The Morgan fingerprint density at radius 1 is 0.789 bits per heavy atom. The summed E-state index contributed by atoms with van der Waals surface area (Å²) in [5.74, 6) is 0.212. The van der Waals surface area contributed by atoms with Gasteiger partial charge in [-0.1, -0.05) is 34.6 Å². The van der Waals surface area contributed by atoms with Crippen molar-refractivity contribution in [1.82, 2.24) is 20.4 Å². The number of carbonyl (C=O) groups is 1. The molecule has 2 rings (SSSR count). The molecule has 0 aliphatic carbocycles. The fourth-order valence-electron chi connectivity index (χ4n) is 6.11. The summed E-state index contributed by atoms with van der Waals surface area (Å²) in [4.78, 5) is 17.2. The number of carbonyl (C=O) groups excluding carboxylic acids is 1. The molecule has 38 heavy (non-hydrogen) atoms. The van der Waals surface area contributed by atoms with E-state index in [1.807, 2.05) is 4.90 Å². The zero-order chi connectivity index (χ0) is 28.6. The quantitative estimate of drug-likeness (QED) is 0.313. The number of rotatable bonds is 14. The van der Waals surface area contributed by atoms with Crippen molar-refractivity contribution >= 4 is 5.91 Å². The Hall–Kier alpha value is -0.730. The minimum Gasteiger partial charge on any atom is -0.380 e. The standard InChI is InChI=1S/C31H62N4O3/c1-28(2,3)23-37-19-14-27(36)35-17-13-26(21-35)33-31(9,10)22-30(7,8)24-38-20-18-34-15-11-25(12-16-34)32-29(4,5)6/h25-26,32-33H,11-24H2,1-10H3/t26-/m1/s1. The predicted molar refractivity (Wildman–Crippen MR) is 159 cm³/mol. The Morgan fingerprint density at radius 3 is 2.00 bits per heavy atom. The van der Waals surface area contributed by atoms with Crippen molar-refractivity contribution in [2.24, 2.45) is 10.8 Å². The molecule has 0 saturated carbocycles. The van der Waals surface area contributed by atoms with Crippen LogP contribution >= 0.6 is 0 Å². The molecule has 2 aliphatic rings. The largest absolute Gasteiger partial charge is 0.380 e. The average molecular weight is 539 g/mol. The third kappa shape index (κ3) is 14.1. The number of nitrogens with one attached hydrogen (secondary N) is 2. The SMILES string of the molecule is CC(C)(C)COCCC(=O)N1CC[C@@H](NC(C)(C)CC(C)(C)COCCN2CCC(NC(C)(C)C)CC2)C1. The maximum Gasteiger partial charge on any atom is 0.224 e. The highest BCUT2D eigenvalue weighted by atomic mass is 16.5. The normalized spacial score (nSPS) is 20.9. The Labute approximate surface area is 235 Å². The van der Waals surface area contributed by atoms with E-state index in [4.69, 9.17) is 9.47 Å². The number of hydrogen-bond donors (Lipinski definition) is 2. The lowest BCUT2D eigenvalue weighted by atomic mass is 9.80. The summed E-state index contributed by atoms with van der Waals surface area (Å²) < 4.78 is 11.9. The highest BCUT2D eigenvalue weighted by Gasteiger charge is 2.34. The first-order valence-corrected chi connectivity index (χ1v) is 15.1. The first-order valence-electron chi connectivity index (χ1n) is 15.1. The molecule has 0 aromatic heterocycles. The van der Waals surface area contributed by atoms with Crippen LogP contribution in [0, 0.1) is 10.8 Å². The smallest absolute Gasteiger partial charge is 0.224 e. The molecule has 2 heterocycles. The van der Waals surface area contributed by atoms with Gasteiger partial charge < -0.3 is 29.9 Å². The maximum absolute atomic E-state index is 12.6. The second-order valence-corrected chi connectivity index (χ2v) is 15.6. The molecule has 1 atom stereocenters. The van der Waals surface area contributed by atoms with E-state index in [1.54, 1.807) is 0 Å². The predicted octanol–water partition coefficient (Wildman–Crippen LogP) is 4.69. The fraction of sp³-hybridized carbons (Fsp3) is 0.968. The molecule has 0 unspecified atom stereocenters. The molecule has 2 N–H and O–H groups in total. The van der Waals surface area contributed by atoms with Gasteiger partial charge in [-0.25, -0.2) is 0 Å². The van der Waals surface area contributed by atoms with Crippen LogP contribution < -0.4 is 10.6 Å². The lowest BCUT2D eigenvalue weighted by molar-refractivity contribution is -0.131. The summed E-state index contributed by atoms with van der Waals surface area (Å²) in [6, 6.07) is 0.982. The fourth-order valence-corrected chi connectivity index (χ4v) is 6.11. The first-order chi connectivity index (χ1) is 17.4. The molecule has 1 amide bonds. The molecule has 224 valence electrons. The highest BCUT2D eigenvalue weighted by Crippen LogP contribution is 2.29. The summed E-state index contributed by atoms with van der Waals surface area (Å²) in [6.07, 6.45) is 4.95. The van der Waals surface area contributed by atoms with E-state index in [0.29, 0.717) is 31.7 Å². The lowest BCUT2D eigenvalue weighted by Crippen LogP contribution is -2.50. The van der Waals surface area contributed by atoms with E-state index in [9.17, 15) is 4.79 Å². The molecule has 0 bridgehead atoms. The van der Waals surface area contributed by atoms with Crippen LogP contribution in [0.1, 0.15) is 101 Å². The first kappa shape index (κ1) is 33.5. The third-order valence-corrected chi connectivity index (χ3v) is 7.32. The Balaban J connectivity index is 1.63. The van der Waals surface area contributed by atoms with Crippen molar-refractivity contribution in [3.8, 4) is 0 Å². The van der Waals surface area contributed by atoms with Gasteiger partial charge in [0.05, 0.1) is 32.8 Å². The van der Waals surface area contributed by atoms with Crippen molar-refractivity contribution in [3.05, 3.63) is 0 Å². The van der Waals surface area contributed by atoms with E-state index >= 15 is 0 Å². The van der Waals surface area contributed by atoms with Crippen molar-refractivity contribution in [3.63, 3.8) is 0 Å². The number of piperidine rings is 1. The molecule has 0 spiro atoms. The average Bonchev–Trinajstić information content (AvgIpc) is 3.20. The molecular weight excluding hydrogens is 476 g/mol. The van der Waals surface area contributed by atoms with Crippen LogP contribution in [0.5, 0.6) is 0 Å².